The molecule has 3 aromatic rings. The molecule has 1 atom stereocenters. The number of imidazole rings is 1. The Bertz CT molecular complexity index is 1230. The predicted octanol–water partition coefficient (Wildman–Crippen LogP) is 2.36. The molecule has 0 saturated carbocycles. The van der Waals surface area contributed by atoms with E-state index in [4.69, 9.17) is 5.73 Å². The van der Waals surface area contributed by atoms with E-state index in [-0.39, 0.29) is 29.6 Å². The fourth-order valence-electron chi connectivity index (χ4n) is 5.25. The molecular weight excluding hydrogens is 469 g/mol. The highest BCUT2D eigenvalue weighted by atomic mass is 32.2. The van der Waals surface area contributed by atoms with Crippen molar-refractivity contribution >= 4 is 33.7 Å². The number of carbonyl (C=O) groups excluding carboxylic acids is 1. The molecule has 2 aromatic heterocycles. The van der Waals surface area contributed by atoms with Crippen LogP contribution in [0.4, 0.5) is 10.3 Å². The van der Waals surface area contributed by atoms with Gasteiger partial charge in [-0.2, -0.15) is 0 Å². The van der Waals surface area contributed by atoms with E-state index in [0.717, 1.165) is 56.4 Å². The SMILES string of the molecule is CS(=O)c1nc2cc(F)ccc2n1C1CCN(C(=O)C2CCN(Cc3cnc(N)nc3)CC2)CC1. The maximum absolute atomic E-state index is 13.7. The first-order valence-electron chi connectivity index (χ1n) is 12.0. The van der Waals surface area contributed by atoms with E-state index in [1.165, 1.54) is 12.1 Å². The van der Waals surface area contributed by atoms with Crippen LogP contribution in [-0.2, 0) is 22.1 Å². The van der Waals surface area contributed by atoms with Gasteiger partial charge < -0.3 is 15.2 Å². The number of likely N-dealkylation sites (tertiary alicyclic amines) is 2. The number of anilines is 1. The van der Waals surface area contributed by atoms with Crippen molar-refractivity contribution in [2.45, 2.75) is 43.4 Å². The molecule has 2 N–H and O–H groups in total. The van der Waals surface area contributed by atoms with E-state index in [2.05, 4.69) is 19.9 Å². The highest BCUT2D eigenvalue weighted by molar-refractivity contribution is 7.84. The lowest BCUT2D eigenvalue weighted by molar-refractivity contribution is -0.138. The van der Waals surface area contributed by atoms with Crippen LogP contribution in [-0.4, -0.2) is 71.9 Å². The van der Waals surface area contributed by atoms with Crippen LogP contribution in [0, 0.1) is 11.7 Å². The Kier molecular flexibility index (Phi) is 6.79. The molecule has 186 valence electrons. The maximum Gasteiger partial charge on any atom is 0.225 e. The Morgan fingerprint density at radius 1 is 1.11 bits per heavy atom. The first kappa shape index (κ1) is 23.8. The third-order valence-corrected chi connectivity index (χ3v) is 7.89. The number of nitrogens with zero attached hydrogens (tertiary/aromatic N) is 6. The molecular formula is C24H30FN7O2S. The zero-order valence-corrected chi connectivity index (χ0v) is 20.6. The van der Waals surface area contributed by atoms with Gasteiger partial charge >= 0.3 is 0 Å². The van der Waals surface area contributed by atoms with Crippen LogP contribution in [0.3, 0.4) is 0 Å². The molecule has 35 heavy (non-hydrogen) atoms. The molecule has 0 bridgehead atoms. The molecule has 2 aliphatic rings. The zero-order chi connectivity index (χ0) is 24.5. The number of fused-ring (bicyclic) bond motifs is 1. The Morgan fingerprint density at radius 2 is 1.80 bits per heavy atom. The van der Waals surface area contributed by atoms with E-state index in [9.17, 15) is 13.4 Å². The van der Waals surface area contributed by atoms with Gasteiger partial charge in [-0.3, -0.25) is 13.9 Å². The van der Waals surface area contributed by atoms with Gasteiger partial charge in [0.2, 0.25) is 11.9 Å². The number of carbonyl (C=O) groups is 1. The van der Waals surface area contributed by atoms with E-state index in [0.29, 0.717) is 23.8 Å². The average Bonchev–Trinajstić information content (AvgIpc) is 3.24. The molecule has 5 rings (SSSR count). The summed E-state index contributed by atoms with van der Waals surface area (Å²) >= 11 is 0. The molecule has 2 aliphatic heterocycles. The molecule has 1 amide bonds. The van der Waals surface area contributed by atoms with Crippen LogP contribution >= 0.6 is 0 Å². The summed E-state index contributed by atoms with van der Waals surface area (Å²) in [5, 5.41) is 0.467. The van der Waals surface area contributed by atoms with Crippen LogP contribution < -0.4 is 5.73 Å². The lowest BCUT2D eigenvalue weighted by Gasteiger charge is -2.38. The van der Waals surface area contributed by atoms with E-state index < -0.39 is 10.8 Å². The number of aromatic nitrogens is 4. The number of hydrogen-bond donors (Lipinski definition) is 1. The summed E-state index contributed by atoms with van der Waals surface area (Å²) in [4.78, 5) is 30.1. The number of nitrogen functional groups attached to an aromatic ring is 1. The van der Waals surface area contributed by atoms with Gasteiger partial charge in [-0.15, -0.1) is 0 Å². The van der Waals surface area contributed by atoms with Gasteiger partial charge in [-0.05, 0) is 50.9 Å². The molecule has 1 aromatic carbocycles. The Hall–Kier alpha value is -2.92. The van der Waals surface area contributed by atoms with Crippen molar-refractivity contribution in [1.82, 2.24) is 29.3 Å². The lowest BCUT2D eigenvalue weighted by atomic mass is 9.93. The second-order valence-electron chi connectivity index (χ2n) is 9.41. The van der Waals surface area contributed by atoms with Gasteiger partial charge in [0.05, 0.1) is 21.8 Å². The van der Waals surface area contributed by atoms with Crippen molar-refractivity contribution < 1.29 is 13.4 Å². The molecule has 2 fully saturated rings. The quantitative estimate of drug-likeness (QED) is 0.574. The molecule has 11 heteroatoms. The van der Waals surface area contributed by atoms with Gasteiger partial charge in [0.15, 0.2) is 5.16 Å². The predicted molar refractivity (Wildman–Crippen MR) is 131 cm³/mol. The first-order chi connectivity index (χ1) is 16.9. The lowest BCUT2D eigenvalue weighted by Crippen LogP contribution is -2.45. The minimum Gasteiger partial charge on any atom is -0.368 e. The Balaban J connectivity index is 1.18. The highest BCUT2D eigenvalue weighted by Crippen LogP contribution is 2.31. The van der Waals surface area contributed by atoms with E-state index in [1.807, 2.05) is 9.47 Å². The summed E-state index contributed by atoms with van der Waals surface area (Å²) in [5.41, 5.74) is 7.89. The third kappa shape index (κ3) is 5.06. The van der Waals surface area contributed by atoms with Crippen LogP contribution in [0.2, 0.25) is 0 Å². The van der Waals surface area contributed by atoms with E-state index >= 15 is 0 Å². The zero-order valence-electron chi connectivity index (χ0n) is 19.8. The highest BCUT2D eigenvalue weighted by Gasteiger charge is 2.32. The summed E-state index contributed by atoms with van der Waals surface area (Å²) in [7, 11) is -1.29. The topological polar surface area (TPSA) is 110 Å². The van der Waals surface area contributed by atoms with Crippen molar-refractivity contribution in [1.29, 1.82) is 0 Å². The smallest absolute Gasteiger partial charge is 0.225 e. The van der Waals surface area contributed by atoms with Crippen molar-refractivity contribution in [3.05, 3.63) is 42.0 Å². The molecule has 0 aliphatic carbocycles. The summed E-state index contributed by atoms with van der Waals surface area (Å²) in [5.74, 6) is 0.192. The minimum atomic E-state index is -1.29. The molecule has 4 heterocycles. The number of nitrogens with two attached hydrogens (primary N) is 1. The van der Waals surface area contributed by atoms with Crippen molar-refractivity contribution in [3.8, 4) is 0 Å². The fraction of sp³-hybridized carbons (Fsp3) is 0.500. The number of halogens is 1. The monoisotopic (exact) mass is 499 g/mol. The largest absolute Gasteiger partial charge is 0.368 e. The molecule has 2 saturated heterocycles. The summed E-state index contributed by atoms with van der Waals surface area (Å²) in [6.07, 6.45) is 8.30. The van der Waals surface area contributed by atoms with Gasteiger partial charge in [0.25, 0.3) is 0 Å². The second kappa shape index (κ2) is 9.98. The third-order valence-electron chi connectivity index (χ3n) is 7.09. The van der Waals surface area contributed by atoms with Crippen molar-refractivity contribution in [2.75, 3.05) is 38.2 Å². The van der Waals surface area contributed by atoms with Crippen LogP contribution in [0.15, 0.2) is 35.7 Å². The Labute approximate surface area is 206 Å². The van der Waals surface area contributed by atoms with Gasteiger partial charge in [0.1, 0.15) is 5.82 Å². The molecule has 0 spiro atoms. The van der Waals surface area contributed by atoms with E-state index in [1.54, 1.807) is 24.7 Å². The summed E-state index contributed by atoms with van der Waals surface area (Å²) < 4.78 is 28.0. The molecule has 9 nitrogen and oxygen atoms in total. The summed E-state index contributed by atoms with van der Waals surface area (Å²) in [6.45, 7) is 3.80. The molecule has 0 radical (unpaired) electrons. The van der Waals surface area contributed by atoms with Gasteiger partial charge in [-0.25, -0.2) is 19.3 Å². The number of rotatable bonds is 5. The molecule has 1 unspecified atom stereocenters. The minimum absolute atomic E-state index is 0.0428. The van der Waals surface area contributed by atoms with Crippen molar-refractivity contribution in [2.24, 2.45) is 5.92 Å². The summed E-state index contributed by atoms with van der Waals surface area (Å²) in [6, 6.07) is 4.58. The van der Waals surface area contributed by atoms with Crippen LogP contribution in [0.5, 0.6) is 0 Å². The number of piperidine rings is 2. The Morgan fingerprint density at radius 3 is 2.46 bits per heavy atom. The van der Waals surface area contributed by atoms with Gasteiger partial charge in [0, 0.05) is 61.9 Å². The van der Waals surface area contributed by atoms with Crippen molar-refractivity contribution in [3.63, 3.8) is 0 Å². The van der Waals surface area contributed by atoms with Gasteiger partial charge in [-0.1, -0.05) is 0 Å². The second-order valence-corrected chi connectivity index (χ2v) is 10.7. The maximum atomic E-state index is 13.7. The standard InChI is InChI=1S/C24H30FN7O2S/c1-35(34)24-29-20-12-18(25)2-3-21(20)32(24)19-6-10-31(11-7-19)22(33)17-4-8-30(9-5-17)15-16-13-27-23(26)28-14-16/h2-3,12-14,17,19H,4-11,15H2,1H3,(H2,26,27,28). The number of amides is 1. The normalized spacial score (nSPS) is 19.3. The number of benzene rings is 1. The van der Waals surface area contributed by atoms with Crippen LogP contribution in [0.25, 0.3) is 11.0 Å². The first-order valence-corrected chi connectivity index (χ1v) is 13.5. The average molecular weight is 500 g/mol. The fourth-order valence-corrected chi connectivity index (χ4v) is 6.00. The van der Waals surface area contributed by atoms with Crippen LogP contribution in [0.1, 0.15) is 37.3 Å². The number of hydrogen-bond acceptors (Lipinski definition) is 7.